The van der Waals surface area contributed by atoms with E-state index in [-0.39, 0.29) is 5.78 Å². The van der Waals surface area contributed by atoms with E-state index in [0.717, 1.165) is 34.8 Å². The second kappa shape index (κ2) is 6.81. The van der Waals surface area contributed by atoms with Crippen molar-refractivity contribution < 1.29 is 4.79 Å². The first-order valence-corrected chi connectivity index (χ1v) is 8.94. The fraction of sp³-hybridized carbons (Fsp3) is 0.211. The molecule has 0 atom stereocenters. The van der Waals surface area contributed by atoms with Crippen molar-refractivity contribution in [3.63, 3.8) is 0 Å². The zero-order chi connectivity index (χ0) is 16.4. The van der Waals surface area contributed by atoms with E-state index in [2.05, 4.69) is 22.1 Å². The molecule has 0 saturated carbocycles. The highest BCUT2D eigenvalue weighted by Gasteiger charge is 2.17. The topological polar surface area (TPSA) is 22.0 Å². The number of ketones is 1. The van der Waals surface area contributed by atoms with Gasteiger partial charge in [0, 0.05) is 39.8 Å². The molecule has 118 valence electrons. The fourth-order valence-electron chi connectivity index (χ4n) is 2.86. The predicted octanol–water partition coefficient (Wildman–Crippen LogP) is 5.37. The Morgan fingerprint density at radius 3 is 2.65 bits per heavy atom. The number of nitrogens with zero attached hydrogens (tertiary/aromatic N) is 1. The van der Waals surface area contributed by atoms with E-state index in [0.29, 0.717) is 5.02 Å². The number of hydrogen-bond acceptors (Lipinski definition) is 2. The minimum atomic E-state index is 0.0974. The average Bonchev–Trinajstić information content (AvgIpc) is 2.86. The van der Waals surface area contributed by atoms with Crippen LogP contribution >= 0.6 is 23.4 Å². The largest absolute Gasteiger partial charge is 0.317 e. The van der Waals surface area contributed by atoms with Gasteiger partial charge in [-0.15, -0.1) is 11.8 Å². The van der Waals surface area contributed by atoms with Crippen molar-refractivity contribution in [3.05, 3.63) is 75.4 Å². The molecule has 1 aliphatic heterocycles. The van der Waals surface area contributed by atoms with Gasteiger partial charge in [0.15, 0.2) is 5.78 Å². The van der Waals surface area contributed by atoms with Gasteiger partial charge in [-0.3, -0.25) is 4.79 Å². The van der Waals surface area contributed by atoms with Crippen LogP contribution in [0.3, 0.4) is 0 Å². The minimum absolute atomic E-state index is 0.0974. The molecule has 0 saturated heterocycles. The van der Waals surface area contributed by atoms with Crippen molar-refractivity contribution in [3.8, 4) is 5.69 Å². The molecule has 23 heavy (non-hydrogen) atoms. The van der Waals surface area contributed by atoms with Gasteiger partial charge < -0.3 is 4.57 Å². The number of hydrogen-bond donors (Lipinski definition) is 0. The summed E-state index contributed by atoms with van der Waals surface area (Å²) in [6.45, 7) is 3.62. The Kier molecular flexibility index (Phi) is 4.79. The van der Waals surface area contributed by atoms with E-state index in [1.165, 1.54) is 5.57 Å². The molecule has 2 aromatic rings. The van der Waals surface area contributed by atoms with Gasteiger partial charge in [-0.1, -0.05) is 23.8 Å². The summed E-state index contributed by atoms with van der Waals surface area (Å²) in [7, 11) is 0. The second-order valence-electron chi connectivity index (χ2n) is 5.59. The molecular formula is C19H18ClNOS. The summed E-state index contributed by atoms with van der Waals surface area (Å²) in [5.41, 5.74) is 5.20. The third-order valence-corrected chi connectivity index (χ3v) is 4.93. The predicted molar refractivity (Wildman–Crippen MR) is 98.9 cm³/mol. The molecule has 0 radical (unpaired) electrons. The van der Waals surface area contributed by atoms with Crippen molar-refractivity contribution in [2.45, 2.75) is 20.3 Å². The highest BCUT2D eigenvalue weighted by Crippen LogP contribution is 2.26. The Morgan fingerprint density at radius 2 is 2.04 bits per heavy atom. The van der Waals surface area contributed by atoms with Crippen LogP contribution in [0.1, 0.15) is 28.7 Å². The molecule has 0 bridgehead atoms. The van der Waals surface area contributed by atoms with Crippen LogP contribution < -0.4 is 0 Å². The van der Waals surface area contributed by atoms with E-state index in [1.807, 2.05) is 37.3 Å². The van der Waals surface area contributed by atoms with E-state index in [4.69, 9.17) is 11.6 Å². The SMILES string of the molecule is CC(=O)c1cc(CC2=CCSC=C2)n(-c2ccc(Cl)cc2)c1C. The summed E-state index contributed by atoms with van der Waals surface area (Å²) in [5, 5.41) is 2.84. The molecule has 1 aromatic carbocycles. The molecule has 1 aliphatic rings. The van der Waals surface area contributed by atoms with Gasteiger partial charge in [-0.25, -0.2) is 0 Å². The van der Waals surface area contributed by atoms with Gasteiger partial charge >= 0.3 is 0 Å². The van der Waals surface area contributed by atoms with Crippen LogP contribution in [0.5, 0.6) is 0 Å². The van der Waals surface area contributed by atoms with Crippen molar-refractivity contribution in [2.75, 3.05) is 5.75 Å². The van der Waals surface area contributed by atoms with Crippen LogP contribution in [0.25, 0.3) is 5.69 Å². The summed E-state index contributed by atoms with van der Waals surface area (Å²) in [5.74, 6) is 1.10. The maximum absolute atomic E-state index is 11.9. The first-order chi connectivity index (χ1) is 11.1. The first-order valence-electron chi connectivity index (χ1n) is 7.51. The lowest BCUT2D eigenvalue weighted by Crippen LogP contribution is -2.04. The van der Waals surface area contributed by atoms with Crippen LogP contribution in [-0.4, -0.2) is 16.1 Å². The molecular weight excluding hydrogens is 326 g/mol. The number of allylic oxidation sites excluding steroid dienone is 2. The lowest BCUT2D eigenvalue weighted by atomic mass is 10.1. The number of carbonyl (C=O) groups excluding carboxylic acids is 1. The molecule has 0 fully saturated rings. The quantitative estimate of drug-likeness (QED) is 0.696. The molecule has 0 unspecified atom stereocenters. The van der Waals surface area contributed by atoms with Gasteiger partial charge in [0.1, 0.15) is 0 Å². The highest BCUT2D eigenvalue weighted by atomic mass is 35.5. The Labute approximate surface area is 145 Å². The van der Waals surface area contributed by atoms with Crippen molar-refractivity contribution in [1.29, 1.82) is 0 Å². The van der Waals surface area contributed by atoms with Crippen molar-refractivity contribution in [1.82, 2.24) is 4.57 Å². The number of carbonyl (C=O) groups is 1. The number of rotatable bonds is 4. The third kappa shape index (κ3) is 3.46. The molecule has 2 heterocycles. The molecule has 0 N–H and O–H groups in total. The minimum Gasteiger partial charge on any atom is -0.317 e. The van der Waals surface area contributed by atoms with Crippen LogP contribution in [0.2, 0.25) is 5.02 Å². The normalized spacial score (nSPS) is 14.0. The average molecular weight is 344 g/mol. The van der Waals surface area contributed by atoms with Gasteiger partial charge in [0.05, 0.1) is 0 Å². The molecule has 0 aliphatic carbocycles. The smallest absolute Gasteiger partial charge is 0.161 e. The maximum atomic E-state index is 11.9. The summed E-state index contributed by atoms with van der Waals surface area (Å²) in [6.07, 6.45) is 5.20. The Bertz CT molecular complexity index is 800. The van der Waals surface area contributed by atoms with E-state index in [1.54, 1.807) is 18.7 Å². The lowest BCUT2D eigenvalue weighted by molar-refractivity contribution is 0.101. The van der Waals surface area contributed by atoms with Crippen LogP contribution in [0.4, 0.5) is 0 Å². The summed E-state index contributed by atoms with van der Waals surface area (Å²) in [4.78, 5) is 11.9. The Morgan fingerprint density at radius 1 is 1.30 bits per heavy atom. The van der Waals surface area contributed by atoms with Crippen molar-refractivity contribution >= 4 is 29.1 Å². The highest BCUT2D eigenvalue weighted by molar-refractivity contribution is 8.02. The number of benzene rings is 1. The number of thioether (sulfide) groups is 1. The zero-order valence-corrected chi connectivity index (χ0v) is 14.7. The first kappa shape index (κ1) is 16.2. The van der Waals surface area contributed by atoms with E-state index in [9.17, 15) is 4.79 Å². The number of halogens is 1. The summed E-state index contributed by atoms with van der Waals surface area (Å²) in [6, 6.07) is 9.75. The molecule has 0 amide bonds. The standard InChI is InChI=1S/C19H18ClNOS/c1-13-19(14(2)22)12-18(11-15-7-9-23-10-8-15)21(13)17-5-3-16(20)4-6-17/h3-9,12H,10-11H2,1-2H3. The second-order valence-corrected chi connectivity index (χ2v) is 6.97. The number of aromatic nitrogens is 1. The van der Waals surface area contributed by atoms with E-state index >= 15 is 0 Å². The summed E-state index contributed by atoms with van der Waals surface area (Å²) < 4.78 is 2.16. The monoisotopic (exact) mass is 343 g/mol. The molecule has 3 rings (SSSR count). The summed E-state index contributed by atoms with van der Waals surface area (Å²) >= 11 is 7.80. The molecule has 2 nitrogen and oxygen atoms in total. The van der Waals surface area contributed by atoms with Gasteiger partial charge in [-0.05, 0) is 55.2 Å². The maximum Gasteiger partial charge on any atom is 0.161 e. The molecule has 4 heteroatoms. The third-order valence-electron chi connectivity index (χ3n) is 3.99. The molecule has 1 aromatic heterocycles. The van der Waals surface area contributed by atoms with Crippen LogP contribution in [-0.2, 0) is 6.42 Å². The molecule has 0 spiro atoms. The van der Waals surface area contributed by atoms with Gasteiger partial charge in [-0.2, -0.15) is 0 Å². The Balaban J connectivity index is 2.08. The zero-order valence-electron chi connectivity index (χ0n) is 13.2. The Hall–Kier alpha value is -1.71. The number of Topliss-reactive ketones (excluding diaryl/α,β-unsaturated/α-hetero) is 1. The van der Waals surface area contributed by atoms with Crippen LogP contribution in [0.15, 0.2) is 53.5 Å². The fourth-order valence-corrected chi connectivity index (χ4v) is 3.68. The van der Waals surface area contributed by atoms with Gasteiger partial charge in [0.25, 0.3) is 0 Å². The van der Waals surface area contributed by atoms with Gasteiger partial charge in [0.2, 0.25) is 0 Å². The van der Waals surface area contributed by atoms with Crippen molar-refractivity contribution in [2.24, 2.45) is 0 Å². The van der Waals surface area contributed by atoms with E-state index < -0.39 is 0 Å². The lowest BCUT2D eigenvalue weighted by Gasteiger charge is -2.13. The van der Waals surface area contributed by atoms with Crippen LogP contribution in [0, 0.1) is 6.92 Å².